The van der Waals surface area contributed by atoms with Crippen LogP contribution < -0.4 is 0 Å². The molecule has 3 N–H and O–H groups in total. The van der Waals surface area contributed by atoms with Gasteiger partial charge in [-0.2, -0.15) is 0 Å². The molecule has 2 unspecified atom stereocenters. The second-order valence-corrected chi connectivity index (χ2v) is 32.6. The van der Waals surface area contributed by atoms with Gasteiger partial charge >= 0.3 is 39.5 Å². The quantitative estimate of drug-likeness (QED) is 0.0169. The molecular weight excluding hydrogens is 1330 g/mol. The summed E-state index contributed by atoms with van der Waals surface area (Å²) in [6.07, 6.45) is 70.2. The first-order valence-corrected chi connectivity index (χ1v) is 45.4. The zero-order valence-electron chi connectivity index (χ0n) is 66.2. The minimum atomic E-state index is -4.97. The van der Waals surface area contributed by atoms with Crippen molar-refractivity contribution < 1.29 is 80.2 Å². The molecule has 0 amide bonds. The van der Waals surface area contributed by atoms with E-state index in [0.717, 1.165) is 109 Å². The van der Waals surface area contributed by atoms with Crippen LogP contribution in [-0.2, 0) is 65.4 Å². The van der Waals surface area contributed by atoms with Crippen LogP contribution in [0.1, 0.15) is 420 Å². The summed E-state index contributed by atoms with van der Waals surface area (Å²) >= 11 is 0. The number of ether oxygens (including phenoxy) is 4. The first-order chi connectivity index (χ1) is 49.5. The number of phosphoric ester groups is 2. The van der Waals surface area contributed by atoms with Crippen molar-refractivity contribution in [2.45, 2.75) is 438 Å². The topological polar surface area (TPSA) is 237 Å². The van der Waals surface area contributed by atoms with E-state index in [1.54, 1.807) is 0 Å². The average molecular weight is 1490 g/mol. The molecule has 102 heavy (non-hydrogen) atoms. The Bertz CT molecular complexity index is 2040. The zero-order chi connectivity index (χ0) is 74.8. The van der Waals surface area contributed by atoms with Crippen molar-refractivity contribution >= 4 is 39.5 Å². The molecule has 17 nitrogen and oxygen atoms in total. The van der Waals surface area contributed by atoms with Gasteiger partial charge < -0.3 is 33.8 Å². The van der Waals surface area contributed by atoms with E-state index < -0.39 is 97.5 Å². The smallest absolute Gasteiger partial charge is 0.462 e. The van der Waals surface area contributed by atoms with Gasteiger partial charge in [0.25, 0.3) is 0 Å². The predicted octanol–water partition coefficient (Wildman–Crippen LogP) is 24.8. The Hall–Kier alpha value is -2.46. The highest BCUT2D eigenvalue weighted by Gasteiger charge is 2.30. The summed E-state index contributed by atoms with van der Waals surface area (Å²) in [6, 6.07) is 0. The molecule has 0 aliphatic carbocycles. The minimum absolute atomic E-state index is 0.0851. The number of phosphoric acid groups is 2. The summed E-state index contributed by atoms with van der Waals surface area (Å²) in [6.45, 7) is 7.26. The maximum absolute atomic E-state index is 13.1. The van der Waals surface area contributed by atoms with Gasteiger partial charge in [-0.25, -0.2) is 9.13 Å². The number of aliphatic hydroxyl groups excluding tert-OH is 1. The third-order valence-corrected chi connectivity index (χ3v) is 20.8. The van der Waals surface area contributed by atoms with Crippen molar-refractivity contribution in [3.8, 4) is 0 Å². The van der Waals surface area contributed by atoms with Gasteiger partial charge in [0.05, 0.1) is 26.4 Å². The number of carbonyl (C=O) groups is 4. The summed E-state index contributed by atoms with van der Waals surface area (Å²) in [5.41, 5.74) is 0. The normalized spacial score (nSPS) is 14.0. The van der Waals surface area contributed by atoms with Crippen molar-refractivity contribution in [2.24, 2.45) is 5.92 Å². The summed E-state index contributed by atoms with van der Waals surface area (Å²) in [7, 11) is -9.94. The zero-order valence-corrected chi connectivity index (χ0v) is 68.0. The van der Waals surface area contributed by atoms with E-state index in [2.05, 4.69) is 58.9 Å². The van der Waals surface area contributed by atoms with E-state index in [1.165, 1.54) is 231 Å². The number of rotatable bonds is 81. The van der Waals surface area contributed by atoms with E-state index >= 15 is 0 Å². The number of hydrogen-bond donors (Lipinski definition) is 3. The van der Waals surface area contributed by atoms with Crippen molar-refractivity contribution in [2.75, 3.05) is 39.6 Å². The molecule has 0 bridgehead atoms. The van der Waals surface area contributed by atoms with Gasteiger partial charge in [-0.15, -0.1) is 0 Å². The van der Waals surface area contributed by atoms with E-state index in [1.807, 2.05) is 0 Å². The summed E-state index contributed by atoms with van der Waals surface area (Å²) < 4.78 is 68.8. The number of aliphatic hydroxyl groups is 1. The molecule has 0 aromatic carbocycles. The molecule has 5 atom stereocenters. The Labute approximate surface area is 624 Å². The lowest BCUT2D eigenvalue weighted by Gasteiger charge is -2.21. The lowest BCUT2D eigenvalue weighted by atomic mass is 10.0. The number of hydrogen-bond acceptors (Lipinski definition) is 15. The average Bonchev–Trinajstić information content (AvgIpc) is 1.02. The third kappa shape index (κ3) is 75.8. The molecule has 0 spiro atoms. The van der Waals surface area contributed by atoms with Crippen LogP contribution in [0.5, 0.6) is 0 Å². The highest BCUT2D eigenvalue weighted by atomic mass is 31.2. The molecule has 0 radical (unpaired) electrons. The number of unbranched alkanes of at least 4 members (excludes halogenated alkanes) is 50. The molecule has 19 heteroatoms. The van der Waals surface area contributed by atoms with Crippen LogP contribution in [-0.4, -0.2) is 96.7 Å². The predicted molar refractivity (Wildman–Crippen MR) is 418 cm³/mol. The van der Waals surface area contributed by atoms with Crippen molar-refractivity contribution in [1.29, 1.82) is 0 Å². The molecule has 0 saturated heterocycles. The van der Waals surface area contributed by atoms with Crippen LogP contribution in [0.3, 0.4) is 0 Å². The summed E-state index contributed by atoms with van der Waals surface area (Å²) in [4.78, 5) is 73.1. The van der Waals surface area contributed by atoms with Crippen molar-refractivity contribution in [1.82, 2.24) is 0 Å². The second kappa shape index (κ2) is 75.4. The Morgan fingerprint density at radius 1 is 0.304 bits per heavy atom. The second-order valence-electron chi connectivity index (χ2n) is 29.7. The standard InChI is InChI=1S/C83H158O17P2/c1-6-9-12-15-18-21-24-27-30-32-33-34-37-40-43-48-54-59-64-69-83(88)99-78(72-93-80(85)66-61-56-51-46-41-38-36-31-28-25-22-19-16-13-10-7-2)74-97-101(89,90)95-70-77(84)71-96-102(91,92)98-75-79(73-94-81(86)67-62-57-52-49-44-45-50-55-60-65-76(4)5)100-82(87)68-63-58-53-47-42-39-35-29-26-23-20-17-14-11-8-3/h23,26,29,35,76-79,84H,6-22,24-25,27-28,30-34,36-75H2,1-5H3,(H,89,90)(H,91,92)/b26-23-,35-29-/t77-,78-,79-/m1/s1. The molecule has 0 saturated carbocycles. The lowest BCUT2D eigenvalue weighted by molar-refractivity contribution is -0.161. The highest BCUT2D eigenvalue weighted by molar-refractivity contribution is 7.47. The van der Waals surface area contributed by atoms with E-state index in [9.17, 15) is 43.2 Å². The largest absolute Gasteiger partial charge is 0.472 e. The van der Waals surface area contributed by atoms with Crippen LogP contribution in [0.4, 0.5) is 0 Å². The van der Waals surface area contributed by atoms with Gasteiger partial charge in [0, 0.05) is 25.7 Å². The molecule has 0 fully saturated rings. The van der Waals surface area contributed by atoms with E-state index in [-0.39, 0.29) is 25.7 Å². The first kappa shape index (κ1) is 99.5. The first-order valence-electron chi connectivity index (χ1n) is 42.5. The fourth-order valence-electron chi connectivity index (χ4n) is 12.4. The Kier molecular flexibility index (Phi) is 73.5. The van der Waals surface area contributed by atoms with E-state index in [4.69, 9.17) is 37.0 Å². The summed E-state index contributed by atoms with van der Waals surface area (Å²) in [5.74, 6) is -1.39. The monoisotopic (exact) mass is 1490 g/mol. The van der Waals surface area contributed by atoms with Gasteiger partial charge in [-0.05, 0) is 57.3 Å². The fourth-order valence-corrected chi connectivity index (χ4v) is 14.0. The van der Waals surface area contributed by atoms with Crippen molar-refractivity contribution in [3.05, 3.63) is 24.3 Å². The minimum Gasteiger partial charge on any atom is -0.462 e. The summed E-state index contributed by atoms with van der Waals surface area (Å²) in [5, 5.41) is 10.7. The van der Waals surface area contributed by atoms with Gasteiger partial charge in [0.1, 0.15) is 19.3 Å². The molecule has 0 rings (SSSR count). The van der Waals surface area contributed by atoms with Gasteiger partial charge in [-0.1, -0.05) is 367 Å². The third-order valence-electron chi connectivity index (χ3n) is 18.9. The fraction of sp³-hybridized carbons (Fsp3) is 0.904. The van der Waals surface area contributed by atoms with Gasteiger partial charge in [0.2, 0.25) is 0 Å². The molecule has 0 aromatic heterocycles. The Morgan fingerprint density at radius 3 is 0.804 bits per heavy atom. The molecular formula is C83H158O17P2. The highest BCUT2D eigenvalue weighted by Crippen LogP contribution is 2.45. The Balaban J connectivity index is 5.29. The molecule has 0 aromatic rings. The van der Waals surface area contributed by atoms with Crippen LogP contribution >= 0.6 is 15.6 Å². The molecule has 0 aliphatic heterocycles. The van der Waals surface area contributed by atoms with Crippen LogP contribution in [0.25, 0.3) is 0 Å². The molecule has 0 aliphatic rings. The van der Waals surface area contributed by atoms with Crippen LogP contribution in [0, 0.1) is 5.92 Å². The molecule has 602 valence electrons. The van der Waals surface area contributed by atoms with E-state index in [0.29, 0.717) is 25.7 Å². The van der Waals surface area contributed by atoms with Gasteiger partial charge in [-0.3, -0.25) is 37.3 Å². The molecule has 0 heterocycles. The van der Waals surface area contributed by atoms with Crippen molar-refractivity contribution in [3.63, 3.8) is 0 Å². The Morgan fingerprint density at radius 2 is 0.529 bits per heavy atom. The number of allylic oxidation sites excluding steroid dienone is 4. The van der Waals surface area contributed by atoms with Crippen LogP contribution in [0.2, 0.25) is 0 Å². The number of carbonyl (C=O) groups excluding carboxylic acids is 4. The van der Waals surface area contributed by atoms with Crippen LogP contribution in [0.15, 0.2) is 24.3 Å². The maximum Gasteiger partial charge on any atom is 0.472 e. The lowest BCUT2D eigenvalue weighted by Crippen LogP contribution is -2.30. The number of esters is 4. The van der Waals surface area contributed by atoms with Gasteiger partial charge in [0.15, 0.2) is 12.2 Å². The maximum atomic E-state index is 13.1. The SMILES string of the molecule is CCCCCC/C=C\C=C/CCCCCCCC(=O)O[C@H](COC(=O)CCCCCCCCCCCC(C)C)COP(=O)(O)OC[C@H](O)COP(=O)(O)OC[C@@H](COC(=O)CCCCCCCCCCCCCCCCCC)OC(=O)CCCCCCCCCCCCCCCCCCCCC.